The summed E-state index contributed by atoms with van der Waals surface area (Å²) in [7, 11) is -0.983. The van der Waals surface area contributed by atoms with Crippen LogP contribution in [0.3, 0.4) is 0 Å². The summed E-state index contributed by atoms with van der Waals surface area (Å²) in [6.45, 7) is 10.2. The fourth-order valence-corrected chi connectivity index (χ4v) is 1.36. The van der Waals surface area contributed by atoms with Crippen molar-refractivity contribution in [3.05, 3.63) is 12.2 Å². The maximum atomic E-state index is 10.9. The molecular weight excluding hydrogens is 184 g/mol. The van der Waals surface area contributed by atoms with Crippen molar-refractivity contribution in [2.45, 2.75) is 26.4 Å². The van der Waals surface area contributed by atoms with Gasteiger partial charge in [0, 0.05) is 5.57 Å². The van der Waals surface area contributed by atoms with E-state index in [1.165, 1.54) is 0 Å². The molecule has 0 aromatic rings. The lowest BCUT2D eigenvalue weighted by molar-refractivity contribution is -0.139. The first-order valence-corrected chi connectivity index (χ1v) is 6.96. The lowest BCUT2D eigenvalue weighted by Crippen LogP contribution is -2.17. The Balaban J connectivity index is 3.36. The normalized spacial score (nSPS) is 12.2. The second kappa shape index (κ2) is 6.86. The zero-order valence-corrected chi connectivity index (χ0v) is 9.79. The van der Waals surface area contributed by atoms with E-state index >= 15 is 0 Å². The first-order chi connectivity index (χ1) is 6.07. The van der Waals surface area contributed by atoms with E-state index < -0.39 is 9.04 Å². The molecule has 0 aliphatic carbocycles. The number of rotatable bonds is 6. The number of hydrogen-bond acceptors (Lipinski definition) is 3. The van der Waals surface area contributed by atoms with Crippen LogP contribution in [0.2, 0.25) is 12.6 Å². The highest BCUT2D eigenvalue weighted by Gasteiger charge is 2.04. The zero-order chi connectivity index (χ0) is 10.3. The van der Waals surface area contributed by atoms with Crippen LogP contribution >= 0.6 is 0 Å². The standard InChI is InChI=1S/C9H18O3Si/c1-5-13(4)12-7-6-11-9(10)8(2)3/h13H,2,5-7H2,1,3-4H3. The van der Waals surface area contributed by atoms with Crippen molar-refractivity contribution in [3.8, 4) is 0 Å². The maximum absolute atomic E-state index is 10.9. The van der Waals surface area contributed by atoms with Crippen molar-refractivity contribution in [2.24, 2.45) is 0 Å². The molecule has 0 rings (SSSR count). The molecule has 0 aromatic carbocycles. The van der Waals surface area contributed by atoms with Crippen LogP contribution in [-0.2, 0) is 14.0 Å². The molecule has 0 radical (unpaired) electrons. The maximum Gasteiger partial charge on any atom is 0.333 e. The molecule has 1 unspecified atom stereocenters. The Kier molecular flexibility index (Phi) is 6.53. The number of hydrogen-bond donors (Lipinski definition) is 0. The van der Waals surface area contributed by atoms with E-state index in [0.29, 0.717) is 18.8 Å². The second-order valence-electron chi connectivity index (χ2n) is 3.01. The average Bonchev–Trinajstić information content (AvgIpc) is 2.11. The third-order valence-electron chi connectivity index (χ3n) is 1.64. The van der Waals surface area contributed by atoms with E-state index in [0.717, 1.165) is 6.04 Å². The van der Waals surface area contributed by atoms with Gasteiger partial charge >= 0.3 is 5.97 Å². The van der Waals surface area contributed by atoms with Gasteiger partial charge in [-0.2, -0.15) is 0 Å². The molecule has 0 saturated heterocycles. The van der Waals surface area contributed by atoms with Crippen LogP contribution in [-0.4, -0.2) is 28.2 Å². The van der Waals surface area contributed by atoms with Crippen molar-refractivity contribution in [2.75, 3.05) is 13.2 Å². The van der Waals surface area contributed by atoms with Crippen molar-refractivity contribution in [3.63, 3.8) is 0 Å². The van der Waals surface area contributed by atoms with Gasteiger partial charge in [-0.25, -0.2) is 4.79 Å². The third kappa shape index (κ3) is 6.54. The topological polar surface area (TPSA) is 35.5 Å². The summed E-state index contributed by atoms with van der Waals surface area (Å²) in [4.78, 5) is 10.9. The van der Waals surface area contributed by atoms with Crippen LogP contribution in [0.4, 0.5) is 0 Å². The van der Waals surface area contributed by atoms with Crippen molar-refractivity contribution in [1.29, 1.82) is 0 Å². The summed E-state index contributed by atoms with van der Waals surface area (Å²) in [6, 6.07) is 1.11. The zero-order valence-electron chi connectivity index (χ0n) is 8.63. The van der Waals surface area contributed by atoms with E-state index in [-0.39, 0.29) is 5.97 Å². The molecule has 0 aliphatic heterocycles. The molecule has 3 nitrogen and oxygen atoms in total. The molecule has 76 valence electrons. The predicted molar refractivity (Wildman–Crippen MR) is 55.2 cm³/mol. The number of carbonyl (C=O) groups excluding carboxylic acids is 1. The first kappa shape index (κ1) is 12.4. The molecule has 0 amide bonds. The van der Waals surface area contributed by atoms with Gasteiger partial charge in [0.1, 0.15) is 6.61 Å². The lowest BCUT2D eigenvalue weighted by Gasteiger charge is -2.09. The van der Waals surface area contributed by atoms with E-state index in [1.807, 2.05) is 0 Å². The highest BCUT2D eigenvalue weighted by molar-refractivity contribution is 6.49. The third-order valence-corrected chi connectivity index (χ3v) is 3.60. The minimum atomic E-state index is -0.983. The molecule has 0 aromatic heterocycles. The van der Waals surface area contributed by atoms with Crippen LogP contribution in [0, 0.1) is 0 Å². The molecule has 13 heavy (non-hydrogen) atoms. The Morgan fingerprint density at radius 2 is 2.08 bits per heavy atom. The second-order valence-corrected chi connectivity index (χ2v) is 5.78. The lowest BCUT2D eigenvalue weighted by atomic mass is 10.4. The van der Waals surface area contributed by atoms with Crippen molar-refractivity contribution >= 4 is 15.0 Å². The van der Waals surface area contributed by atoms with Crippen LogP contribution in [0.5, 0.6) is 0 Å². The number of carbonyl (C=O) groups is 1. The van der Waals surface area contributed by atoms with Gasteiger partial charge in [0.2, 0.25) is 0 Å². The molecule has 0 aliphatic rings. The minimum absolute atomic E-state index is 0.336. The van der Waals surface area contributed by atoms with Crippen molar-refractivity contribution < 1.29 is 14.0 Å². The fraction of sp³-hybridized carbons (Fsp3) is 0.667. The molecule has 1 atom stereocenters. The van der Waals surface area contributed by atoms with Crippen LogP contribution in [0.15, 0.2) is 12.2 Å². The Labute approximate surface area is 81.5 Å². The summed E-state index contributed by atoms with van der Waals surface area (Å²) in [6.07, 6.45) is 0. The molecule has 0 bridgehead atoms. The van der Waals surface area contributed by atoms with Gasteiger partial charge in [-0.15, -0.1) is 0 Å². The number of ether oxygens (including phenoxy) is 1. The Morgan fingerprint density at radius 1 is 1.46 bits per heavy atom. The van der Waals surface area contributed by atoms with Gasteiger partial charge < -0.3 is 9.16 Å². The van der Waals surface area contributed by atoms with E-state index in [1.54, 1.807) is 6.92 Å². The molecule has 0 N–H and O–H groups in total. The summed E-state index contributed by atoms with van der Waals surface area (Å²) in [5.74, 6) is -0.339. The van der Waals surface area contributed by atoms with Crippen LogP contribution in [0.25, 0.3) is 0 Å². The predicted octanol–water partition coefficient (Wildman–Crippen LogP) is 1.50. The summed E-state index contributed by atoms with van der Waals surface area (Å²) < 4.78 is 10.3. The molecule has 4 heteroatoms. The van der Waals surface area contributed by atoms with Crippen LogP contribution in [0.1, 0.15) is 13.8 Å². The molecule has 0 fully saturated rings. The fourth-order valence-electron chi connectivity index (χ4n) is 0.625. The monoisotopic (exact) mass is 202 g/mol. The van der Waals surface area contributed by atoms with Crippen LogP contribution < -0.4 is 0 Å². The Morgan fingerprint density at radius 3 is 2.54 bits per heavy atom. The largest absolute Gasteiger partial charge is 0.460 e. The smallest absolute Gasteiger partial charge is 0.333 e. The highest BCUT2D eigenvalue weighted by Crippen LogP contribution is 1.94. The quantitative estimate of drug-likeness (QED) is 0.283. The Hall–Kier alpha value is -0.613. The summed E-state index contributed by atoms with van der Waals surface area (Å²) in [5, 5.41) is 0. The molecule has 0 saturated carbocycles. The Bertz CT molecular complexity index is 180. The molecular formula is C9H18O3Si. The minimum Gasteiger partial charge on any atom is -0.460 e. The SMILES string of the molecule is C=C(C)C(=O)OCCO[SiH](C)CC. The van der Waals surface area contributed by atoms with Gasteiger partial charge in [-0.3, -0.25) is 0 Å². The van der Waals surface area contributed by atoms with E-state index in [9.17, 15) is 4.79 Å². The molecule has 0 spiro atoms. The van der Waals surface area contributed by atoms with E-state index in [4.69, 9.17) is 9.16 Å². The van der Waals surface area contributed by atoms with Crippen molar-refractivity contribution in [1.82, 2.24) is 0 Å². The average molecular weight is 202 g/mol. The highest BCUT2D eigenvalue weighted by atomic mass is 28.3. The first-order valence-electron chi connectivity index (χ1n) is 4.52. The van der Waals surface area contributed by atoms with Gasteiger partial charge in [-0.1, -0.05) is 13.5 Å². The molecule has 0 heterocycles. The number of esters is 1. The van der Waals surface area contributed by atoms with Gasteiger partial charge in [0.25, 0.3) is 0 Å². The van der Waals surface area contributed by atoms with E-state index in [2.05, 4.69) is 20.0 Å². The van der Waals surface area contributed by atoms with Gasteiger partial charge in [0.05, 0.1) is 6.61 Å². The van der Waals surface area contributed by atoms with Gasteiger partial charge in [-0.05, 0) is 19.5 Å². The van der Waals surface area contributed by atoms with Gasteiger partial charge in [0.15, 0.2) is 9.04 Å². The summed E-state index contributed by atoms with van der Waals surface area (Å²) in [5.41, 5.74) is 0.431. The summed E-state index contributed by atoms with van der Waals surface area (Å²) >= 11 is 0.